The molecule has 1 unspecified atom stereocenters. The highest BCUT2D eigenvalue weighted by Crippen LogP contribution is 2.38. The molecule has 0 saturated carbocycles. The van der Waals surface area contributed by atoms with Gasteiger partial charge in [0.1, 0.15) is 24.9 Å². The molecule has 2 aliphatic heterocycles. The molecule has 1 fully saturated rings. The van der Waals surface area contributed by atoms with E-state index in [1.807, 2.05) is 17.2 Å². The van der Waals surface area contributed by atoms with Crippen LogP contribution in [0.15, 0.2) is 85.2 Å². The number of carboxylic acids is 1. The fraction of sp³-hybridized carbons (Fsp3) is 0.235. The molecule has 8 heteroatoms. The molecule has 8 nitrogen and oxygen atoms in total. The summed E-state index contributed by atoms with van der Waals surface area (Å²) in [5, 5.41) is 9.53. The van der Waals surface area contributed by atoms with Gasteiger partial charge in [-0.3, -0.25) is 14.1 Å². The quantitative estimate of drug-likeness (QED) is 0.285. The van der Waals surface area contributed by atoms with E-state index in [-0.39, 0.29) is 6.61 Å². The minimum Gasteiger partial charge on any atom is -0.486 e. The first-order valence-corrected chi connectivity index (χ1v) is 14.2. The van der Waals surface area contributed by atoms with Gasteiger partial charge in [0.15, 0.2) is 11.5 Å². The zero-order chi connectivity index (χ0) is 28.6. The monoisotopic (exact) mass is 561 g/mol. The van der Waals surface area contributed by atoms with E-state index >= 15 is 0 Å². The second kappa shape index (κ2) is 11.0. The second-order valence-corrected chi connectivity index (χ2v) is 10.7. The van der Waals surface area contributed by atoms with Gasteiger partial charge in [-0.15, -0.1) is 0 Å². The highest BCUT2D eigenvalue weighted by Gasteiger charge is 2.29. The van der Waals surface area contributed by atoms with E-state index in [1.54, 1.807) is 0 Å². The fourth-order valence-electron chi connectivity index (χ4n) is 5.90. The summed E-state index contributed by atoms with van der Waals surface area (Å²) in [6.45, 7) is 5.24. The Morgan fingerprint density at radius 1 is 0.905 bits per heavy atom. The Morgan fingerprint density at radius 2 is 1.64 bits per heavy atom. The lowest BCUT2D eigenvalue weighted by Gasteiger charge is -2.32. The van der Waals surface area contributed by atoms with E-state index in [9.17, 15) is 9.90 Å². The van der Waals surface area contributed by atoms with Crippen molar-refractivity contribution in [3.63, 3.8) is 0 Å². The van der Waals surface area contributed by atoms with Crippen molar-refractivity contribution in [1.29, 1.82) is 0 Å². The molecule has 0 amide bonds. The SMILES string of the molecule is Cc1c(-c2ccc3c(c2)OCCO3)cccc1-c1ccn2c(-c3ccc(CN4CCOCC4C(=O)O)cc3)cnc2c1. The maximum absolute atomic E-state index is 11.6. The highest BCUT2D eigenvalue weighted by molar-refractivity contribution is 5.81. The van der Waals surface area contributed by atoms with Gasteiger partial charge in [-0.2, -0.15) is 0 Å². The molecule has 1 atom stereocenters. The van der Waals surface area contributed by atoms with Crippen molar-refractivity contribution in [1.82, 2.24) is 14.3 Å². The first kappa shape index (κ1) is 26.3. The Bertz CT molecular complexity index is 1780. The first-order chi connectivity index (χ1) is 20.5. The minimum atomic E-state index is -0.846. The number of imidazole rings is 1. The average Bonchev–Trinajstić information content (AvgIpc) is 3.45. The van der Waals surface area contributed by atoms with Crippen LogP contribution in [0.1, 0.15) is 11.1 Å². The zero-order valence-corrected chi connectivity index (χ0v) is 23.3. The molecule has 212 valence electrons. The van der Waals surface area contributed by atoms with Crippen LogP contribution in [-0.2, 0) is 16.1 Å². The number of fused-ring (bicyclic) bond motifs is 2. The molecule has 42 heavy (non-hydrogen) atoms. The molecule has 1 N–H and O–H groups in total. The molecule has 1 saturated heterocycles. The maximum atomic E-state index is 11.6. The van der Waals surface area contributed by atoms with Crippen LogP contribution in [0, 0.1) is 6.92 Å². The molecule has 0 radical (unpaired) electrons. The van der Waals surface area contributed by atoms with Crippen molar-refractivity contribution in [3.05, 3.63) is 96.3 Å². The lowest BCUT2D eigenvalue weighted by molar-refractivity contribution is -0.150. The number of hydrogen-bond acceptors (Lipinski definition) is 6. The summed E-state index contributed by atoms with van der Waals surface area (Å²) in [4.78, 5) is 18.3. The summed E-state index contributed by atoms with van der Waals surface area (Å²) in [7, 11) is 0. The van der Waals surface area contributed by atoms with Gasteiger partial charge in [0.2, 0.25) is 0 Å². The number of morpholine rings is 1. The smallest absolute Gasteiger partial charge is 0.323 e. The van der Waals surface area contributed by atoms with Crippen molar-refractivity contribution in [3.8, 4) is 45.0 Å². The number of benzene rings is 3. The van der Waals surface area contributed by atoms with Crippen LogP contribution >= 0.6 is 0 Å². The second-order valence-electron chi connectivity index (χ2n) is 10.7. The van der Waals surface area contributed by atoms with E-state index in [1.165, 1.54) is 5.56 Å². The minimum absolute atomic E-state index is 0.222. The average molecular weight is 562 g/mol. The number of carboxylic acid groups (broad SMARTS) is 1. The van der Waals surface area contributed by atoms with Crippen LogP contribution in [0.5, 0.6) is 11.5 Å². The molecule has 5 aromatic rings. The predicted molar refractivity (Wildman–Crippen MR) is 160 cm³/mol. The Morgan fingerprint density at radius 3 is 2.43 bits per heavy atom. The summed E-state index contributed by atoms with van der Waals surface area (Å²) in [6, 6.07) is 24.4. The fourth-order valence-corrected chi connectivity index (χ4v) is 5.90. The van der Waals surface area contributed by atoms with Gasteiger partial charge >= 0.3 is 5.97 Å². The van der Waals surface area contributed by atoms with Crippen molar-refractivity contribution in [2.45, 2.75) is 19.5 Å². The maximum Gasteiger partial charge on any atom is 0.323 e. The third-order valence-corrected chi connectivity index (χ3v) is 8.17. The van der Waals surface area contributed by atoms with E-state index in [2.05, 4.69) is 84.3 Å². The molecule has 0 bridgehead atoms. The van der Waals surface area contributed by atoms with Gasteiger partial charge in [-0.05, 0) is 64.6 Å². The standard InChI is InChI=1S/C34H31N3O5/c1-22-27(25-9-10-31-32(17-25)42-16-15-41-31)3-2-4-28(22)26-11-12-37-29(19-35-33(37)18-26)24-7-5-23(6-8-24)20-36-13-14-40-21-30(36)34(38)39/h2-12,17-19,30H,13-16,20-21H2,1H3,(H,38,39). The molecule has 3 aromatic carbocycles. The first-order valence-electron chi connectivity index (χ1n) is 14.2. The van der Waals surface area contributed by atoms with Gasteiger partial charge in [-0.1, -0.05) is 48.5 Å². The van der Waals surface area contributed by atoms with Crippen LogP contribution in [0.4, 0.5) is 0 Å². The third kappa shape index (κ3) is 4.89. The number of aromatic nitrogens is 2. The topological polar surface area (TPSA) is 85.5 Å². The van der Waals surface area contributed by atoms with Gasteiger partial charge in [0.25, 0.3) is 0 Å². The Kier molecular flexibility index (Phi) is 6.85. The van der Waals surface area contributed by atoms with Crippen LogP contribution in [0.25, 0.3) is 39.2 Å². The number of hydrogen-bond donors (Lipinski definition) is 1. The van der Waals surface area contributed by atoms with Crippen LogP contribution in [0.2, 0.25) is 0 Å². The van der Waals surface area contributed by atoms with Crippen molar-refractivity contribution in [2.75, 3.05) is 33.0 Å². The summed E-state index contributed by atoms with van der Waals surface area (Å²) < 4.78 is 19.0. The van der Waals surface area contributed by atoms with E-state index < -0.39 is 12.0 Å². The Balaban J connectivity index is 1.14. The van der Waals surface area contributed by atoms with Crippen molar-refractivity contribution < 1.29 is 24.1 Å². The van der Waals surface area contributed by atoms with Gasteiger partial charge in [0, 0.05) is 24.8 Å². The number of aliphatic carboxylic acids is 1. The summed E-state index contributed by atoms with van der Waals surface area (Å²) in [5.41, 5.74) is 9.67. The van der Waals surface area contributed by atoms with Gasteiger partial charge < -0.3 is 19.3 Å². The van der Waals surface area contributed by atoms with Crippen LogP contribution in [-0.4, -0.2) is 64.4 Å². The Labute approximate surface area is 243 Å². The molecular weight excluding hydrogens is 530 g/mol. The third-order valence-electron chi connectivity index (χ3n) is 8.17. The molecule has 2 aromatic heterocycles. The van der Waals surface area contributed by atoms with E-state index in [0.29, 0.717) is 32.9 Å². The zero-order valence-electron chi connectivity index (χ0n) is 23.3. The predicted octanol–water partition coefficient (Wildman–Crippen LogP) is 5.70. The summed E-state index contributed by atoms with van der Waals surface area (Å²) in [5.74, 6) is 0.730. The normalized spacial score (nSPS) is 16.9. The molecular formula is C34H31N3O5. The largest absolute Gasteiger partial charge is 0.486 e. The van der Waals surface area contributed by atoms with Gasteiger partial charge in [0.05, 0.1) is 25.1 Å². The number of carbonyl (C=O) groups is 1. The molecule has 7 rings (SSSR count). The Hall–Kier alpha value is -4.66. The lowest BCUT2D eigenvalue weighted by atomic mass is 9.93. The van der Waals surface area contributed by atoms with Crippen LogP contribution < -0.4 is 9.47 Å². The number of ether oxygens (including phenoxy) is 3. The number of nitrogens with zero attached hydrogens (tertiary/aromatic N) is 3. The van der Waals surface area contributed by atoms with Crippen LogP contribution in [0.3, 0.4) is 0 Å². The lowest BCUT2D eigenvalue weighted by Crippen LogP contribution is -2.49. The molecule has 2 aliphatic rings. The highest BCUT2D eigenvalue weighted by atomic mass is 16.6. The van der Waals surface area contributed by atoms with Gasteiger partial charge in [-0.25, -0.2) is 4.98 Å². The van der Waals surface area contributed by atoms with E-state index in [4.69, 9.17) is 19.2 Å². The van der Waals surface area contributed by atoms with E-state index in [0.717, 1.165) is 56.2 Å². The molecule has 4 heterocycles. The number of rotatable bonds is 6. The summed E-state index contributed by atoms with van der Waals surface area (Å²) in [6.07, 6.45) is 3.97. The molecule has 0 aliphatic carbocycles. The molecule has 0 spiro atoms. The van der Waals surface area contributed by atoms with Crippen molar-refractivity contribution in [2.24, 2.45) is 0 Å². The number of pyridine rings is 1. The summed E-state index contributed by atoms with van der Waals surface area (Å²) >= 11 is 0. The van der Waals surface area contributed by atoms with Crippen molar-refractivity contribution >= 4 is 11.6 Å².